The third-order valence-corrected chi connectivity index (χ3v) is 6.15. The first-order valence-electron chi connectivity index (χ1n) is 12.6. The van der Waals surface area contributed by atoms with Crippen LogP contribution >= 0.6 is 0 Å². The van der Waals surface area contributed by atoms with Crippen molar-refractivity contribution in [3.8, 4) is 0 Å². The number of hydrogen-bond donors (Lipinski definition) is 3. The van der Waals surface area contributed by atoms with E-state index in [4.69, 9.17) is 4.74 Å². The lowest BCUT2D eigenvalue weighted by atomic mass is 10.1. The van der Waals surface area contributed by atoms with Crippen molar-refractivity contribution >= 4 is 16.8 Å². The number of halogens is 1. The summed E-state index contributed by atoms with van der Waals surface area (Å²) in [7, 11) is 0. The summed E-state index contributed by atoms with van der Waals surface area (Å²) < 4.78 is 18.3. The van der Waals surface area contributed by atoms with Gasteiger partial charge in [-0.05, 0) is 78.6 Å². The molecule has 0 aliphatic heterocycles. The van der Waals surface area contributed by atoms with Crippen LogP contribution in [0.5, 0.6) is 0 Å². The molecule has 4 rings (SSSR count). The number of carbonyl (C=O) groups is 1. The first kappa shape index (κ1) is 25.6. The van der Waals surface area contributed by atoms with Gasteiger partial charge in [0.05, 0.1) is 6.61 Å². The molecule has 6 heteroatoms. The second kappa shape index (κ2) is 13.6. The monoisotopic (exact) mass is 487 g/mol. The number of ether oxygens (including phenoxy) is 1. The maximum Gasteiger partial charge on any atom is 0.246 e. The molecule has 0 saturated carbocycles. The third kappa shape index (κ3) is 8.33. The van der Waals surface area contributed by atoms with Gasteiger partial charge in [-0.3, -0.25) is 4.79 Å². The molecule has 0 aliphatic rings. The first-order chi connectivity index (χ1) is 17.7. The van der Waals surface area contributed by atoms with E-state index in [0.29, 0.717) is 13.2 Å². The van der Waals surface area contributed by atoms with Crippen LogP contribution in [-0.2, 0) is 35.4 Å². The molecule has 188 valence electrons. The molecule has 0 aliphatic carbocycles. The highest BCUT2D eigenvalue weighted by molar-refractivity contribution is 5.80. The predicted octanol–water partition coefficient (Wildman–Crippen LogP) is 4.95. The van der Waals surface area contributed by atoms with Crippen molar-refractivity contribution in [1.82, 2.24) is 15.6 Å². The molecule has 0 saturated heterocycles. The summed E-state index contributed by atoms with van der Waals surface area (Å²) in [6.45, 7) is 2.81. The maximum atomic E-state index is 12.9. The van der Waals surface area contributed by atoms with E-state index in [1.807, 2.05) is 0 Å². The largest absolute Gasteiger partial charge is 0.367 e. The van der Waals surface area contributed by atoms with Crippen LogP contribution in [0.4, 0.5) is 4.39 Å². The maximum absolute atomic E-state index is 12.9. The number of fused-ring (bicyclic) bond motifs is 1. The summed E-state index contributed by atoms with van der Waals surface area (Å²) in [5.41, 5.74) is 5.90. The minimum absolute atomic E-state index is 0.00186. The zero-order valence-corrected chi connectivity index (χ0v) is 20.6. The zero-order valence-electron chi connectivity index (χ0n) is 20.6. The smallest absolute Gasteiger partial charge is 0.246 e. The molecule has 3 N–H and O–H groups in total. The van der Waals surface area contributed by atoms with Crippen LogP contribution < -0.4 is 10.6 Å². The van der Waals surface area contributed by atoms with Crippen LogP contribution in [0.3, 0.4) is 0 Å². The molecule has 0 atom stereocenters. The molecule has 36 heavy (non-hydrogen) atoms. The van der Waals surface area contributed by atoms with Crippen molar-refractivity contribution in [3.05, 3.63) is 107 Å². The van der Waals surface area contributed by atoms with Crippen LogP contribution in [0.1, 0.15) is 28.8 Å². The Balaban J connectivity index is 1.04. The van der Waals surface area contributed by atoms with Crippen molar-refractivity contribution in [2.75, 3.05) is 26.2 Å². The fourth-order valence-corrected chi connectivity index (χ4v) is 4.14. The minimum atomic E-state index is -0.281. The van der Waals surface area contributed by atoms with E-state index in [1.54, 1.807) is 12.1 Å². The van der Waals surface area contributed by atoms with E-state index in [9.17, 15) is 9.18 Å². The van der Waals surface area contributed by atoms with E-state index in [-0.39, 0.29) is 18.3 Å². The van der Waals surface area contributed by atoms with Gasteiger partial charge in [-0.15, -0.1) is 0 Å². The number of aryl methyl sites for hydroxylation is 1. The molecular formula is C30H34FN3O2. The molecule has 0 unspecified atom stereocenters. The minimum Gasteiger partial charge on any atom is -0.367 e. The summed E-state index contributed by atoms with van der Waals surface area (Å²) in [6, 6.07) is 25.4. The molecule has 5 nitrogen and oxygen atoms in total. The van der Waals surface area contributed by atoms with Gasteiger partial charge in [-0.1, -0.05) is 54.6 Å². The van der Waals surface area contributed by atoms with Crippen molar-refractivity contribution in [1.29, 1.82) is 0 Å². The van der Waals surface area contributed by atoms with Gasteiger partial charge < -0.3 is 20.4 Å². The second-order valence-corrected chi connectivity index (χ2v) is 9.02. The predicted molar refractivity (Wildman–Crippen MR) is 142 cm³/mol. The van der Waals surface area contributed by atoms with E-state index in [1.165, 1.54) is 39.9 Å². The molecule has 0 radical (unpaired) electrons. The fraction of sp³-hybridized carbons (Fsp3) is 0.300. The number of aromatic amines is 1. The Morgan fingerprint density at radius 2 is 1.50 bits per heavy atom. The highest BCUT2D eigenvalue weighted by Crippen LogP contribution is 2.14. The number of amides is 1. The van der Waals surface area contributed by atoms with Gasteiger partial charge in [-0.2, -0.15) is 0 Å². The molecular weight excluding hydrogens is 453 g/mol. The number of para-hydroxylation sites is 1. The highest BCUT2D eigenvalue weighted by Gasteiger charge is 2.03. The number of nitrogens with one attached hydrogen (secondary N) is 3. The molecule has 1 amide bonds. The van der Waals surface area contributed by atoms with Gasteiger partial charge in [0, 0.05) is 24.3 Å². The molecule has 0 bridgehead atoms. The van der Waals surface area contributed by atoms with Gasteiger partial charge in [0.1, 0.15) is 12.4 Å². The molecule has 0 fully saturated rings. The van der Waals surface area contributed by atoms with Crippen LogP contribution in [0.2, 0.25) is 0 Å². The van der Waals surface area contributed by atoms with Crippen molar-refractivity contribution < 1.29 is 13.9 Å². The SMILES string of the molecule is O=C(COCc1ccc(F)cc1)NCCCc1ccc(CCNCCc2cc3ccccc3[nH]2)cc1. The second-order valence-electron chi connectivity index (χ2n) is 9.02. The van der Waals surface area contributed by atoms with E-state index in [0.717, 1.165) is 44.3 Å². The van der Waals surface area contributed by atoms with Crippen LogP contribution in [-0.4, -0.2) is 37.1 Å². The summed E-state index contributed by atoms with van der Waals surface area (Å²) in [6.07, 6.45) is 3.78. The van der Waals surface area contributed by atoms with E-state index in [2.05, 4.69) is 70.2 Å². The lowest BCUT2D eigenvalue weighted by Crippen LogP contribution is -2.28. The number of benzene rings is 3. The van der Waals surface area contributed by atoms with Gasteiger partial charge >= 0.3 is 0 Å². The first-order valence-corrected chi connectivity index (χ1v) is 12.6. The fourth-order valence-electron chi connectivity index (χ4n) is 4.14. The van der Waals surface area contributed by atoms with Crippen LogP contribution in [0, 0.1) is 5.82 Å². The van der Waals surface area contributed by atoms with E-state index < -0.39 is 0 Å². The Morgan fingerprint density at radius 3 is 2.28 bits per heavy atom. The average Bonchev–Trinajstić information content (AvgIpc) is 3.31. The Labute approximate surface area is 212 Å². The molecule has 3 aromatic carbocycles. The highest BCUT2D eigenvalue weighted by atomic mass is 19.1. The van der Waals surface area contributed by atoms with E-state index >= 15 is 0 Å². The Bertz CT molecular complexity index is 1190. The van der Waals surface area contributed by atoms with Gasteiger partial charge in [-0.25, -0.2) is 4.39 Å². The van der Waals surface area contributed by atoms with Crippen LogP contribution in [0.25, 0.3) is 10.9 Å². The quantitative estimate of drug-likeness (QED) is 0.221. The Kier molecular flexibility index (Phi) is 9.65. The summed E-state index contributed by atoms with van der Waals surface area (Å²) in [5.74, 6) is -0.416. The summed E-state index contributed by atoms with van der Waals surface area (Å²) >= 11 is 0. The Hall–Kier alpha value is -3.48. The zero-order chi connectivity index (χ0) is 25.0. The van der Waals surface area contributed by atoms with Crippen molar-refractivity contribution in [2.24, 2.45) is 0 Å². The topological polar surface area (TPSA) is 66.2 Å². The number of rotatable bonds is 14. The van der Waals surface area contributed by atoms with Crippen molar-refractivity contribution in [3.63, 3.8) is 0 Å². The number of H-pyrrole nitrogens is 1. The normalized spacial score (nSPS) is 11.1. The van der Waals surface area contributed by atoms with Gasteiger partial charge in [0.25, 0.3) is 0 Å². The summed E-state index contributed by atoms with van der Waals surface area (Å²) in [5, 5.41) is 7.68. The number of aromatic nitrogens is 1. The standard InChI is InChI=1S/C30H34FN3O2/c31-27-13-11-25(12-14-27)21-36-22-30(35)33-17-3-4-23-7-9-24(10-8-23)15-18-32-19-16-28-20-26-5-1-2-6-29(26)34-28/h1-2,5-14,20,32,34H,3-4,15-19,21-22H2,(H,33,35). The lowest BCUT2D eigenvalue weighted by molar-refractivity contribution is -0.126. The molecule has 1 aromatic heterocycles. The van der Waals surface area contributed by atoms with Crippen LogP contribution in [0.15, 0.2) is 78.9 Å². The number of hydrogen-bond acceptors (Lipinski definition) is 3. The third-order valence-electron chi connectivity index (χ3n) is 6.15. The number of carbonyl (C=O) groups excluding carboxylic acids is 1. The van der Waals surface area contributed by atoms with Gasteiger partial charge in [0.2, 0.25) is 5.91 Å². The summed E-state index contributed by atoms with van der Waals surface area (Å²) in [4.78, 5) is 15.4. The van der Waals surface area contributed by atoms with Gasteiger partial charge in [0.15, 0.2) is 0 Å². The lowest BCUT2D eigenvalue weighted by Gasteiger charge is -2.08. The molecule has 1 heterocycles. The Morgan fingerprint density at radius 1 is 0.806 bits per heavy atom. The molecule has 0 spiro atoms. The van der Waals surface area contributed by atoms with Crippen molar-refractivity contribution in [2.45, 2.75) is 32.3 Å². The average molecular weight is 488 g/mol. The molecule has 4 aromatic rings.